The van der Waals surface area contributed by atoms with Gasteiger partial charge in [-0.2, -0.15) is 8.42 Å². The van der Waals surface area contributed by atoms with Crippen molar-refractivity contribution in [3.63, 3.8) is 0 Å². The van der Waals surface area contributed by atoms with Crippen molar-refractivity contribution in [3.05, 3.63) is 96.3 Å². The van der Waals surface area contributed by atoms with Crippen LogP contribution in [0.3, 0.4) is 0 Å². The molecule has 2 heterocycles. The van der Waals surface area contributed by atoms with E-state index in [1.807, 2.05) is 18.2 Å². The third-order valence-corrected chi connectivity index (χ3v) is 10.9. The minimum Gasteiger partial charge on any atom is -0.747 e. The van der Waals surface area contributed by atoms with Crippen molar-refractivity contribution in [2.45, 2.75) is 29.9 Å². The number of halogens is 3. The zero-order valence-corrected chi connectivity index (χ0v) is 30.7. The van der Waals surface area contributed by atoms with E-state index in [0.717, 1.165) is 27.2 Å². The molecule has 5 rings (SSSR count). The molecule has 1 aliphatic heterocycles. The summed E-state index contributed by atoms with van der Waals surface area (Å²) in [4.78, 5) is 2.88. The van der Waals surface area contributed by atoms with Crippen LogP contribution in [0.4, 0.5) is 5.69 Å². The van der Waals surface area contributed by atoms with Gasteiger partial charge in [-0.05, 0) is 89.9 Å². The largest absolute Gasteiger partial charge is 1.00 e. The van der Waals surface area contributed by atoms with Gasteiger partial charge in [-0.3, -0.25) is 4.55 Å². The second-order valence-corrected chi connectivity index (χ2v) is 15.6. The first-order chi connectivity index (χ1) is 19.3. The summed E-state index contributed by atoms with van der Waals surface area (Å²) in [5.74, 6) is -1.27. The Morgan fingerprint density at radius 3 is 2.40 bits per heavy atom. The second-order valence-electron chi connectivity index (χ2n) is 9.36. The van der Waals surface area contributed by atoms with Crippen molar-refractivity contribution < 1.29 is 77.3 Å². The van der Waals surface area contributed by atoms with Gasteiger partial charge in [0.2, 0.25) is 0 Å². The van der Waals surface area contributed by atoms with Crippen LogP contribution in [-0.2, 0) is 26.0 Å². The number of hydrogen-bond donors (Lipinski definition) is 1. The Morgan fingerprint density at radius 1 is 0.976 bits per heavy atom. The van der Waals surface area contributed by atoms with Gasteiger partial charge in [-0.1, -0.05) is 58.7 Å². The Morgan fingerprint density at radius 2 is 1.69 bits per heavy atom. The normalized spacial score (nSPS) is 18.0. The van der Waals surface area contributed by atoms with Gasteiger partial charge >= 0.3 is 51.4 Å². The third-order valence-electron chi connectivity index (χ3n) is 6.41. The maximum absolute atomic E-state index is 11.7. The van der Waals surface area contributed by atoms with Crippen LogP contribution in [0, 0.1) is 0 Å². The summed E-state index contributed by atoms with van der Waals surface area (Å²) in [6.07, 6.45) is 9.42. The number of nitrogens with zero attached hydrogens (tertiary/aromatic N) is 1. The fourth-order valence-corrected chi connectivity index (χ4v) is 8.90. The average Bonchev–Trinajstić information content (AvgIpc) is 3.37. The van der Waals surface area contributed by atoms with E-state index in [2.05, 4.69) is 0 Å². The molecule has 0 spiro atoms. The van der Waals surface area contributed by atoms with Crippen LogP contribution in [0.5, 0.6) is 0 Å². The predicted octanol–water partition coefficient (Wildman–Crippen LogP) is 5.17. The average molecular weight is 729 g/mol. The summed E-state index contributed by atoms with van der Waals surface area (Å²) in [7, 11) is -8.85. The maximum atomic E-state index is 11.7. The summed E-state index contributed by atoms with van der Waals surface area (Å²) in [6, 6.07) is 10.3. The molecule has 1 N–H and O–H groups in total. The molecule has 216 valence electrons. The Kier molecular flexibility index (Phi) is 11.6. The van der Waals surface area contributed by atoms with Gasteiger partial charge in [-0.15, -0.1) is 11.3 Å². The standard InChI is InChI=1S/C27H22Cl3NO6S4.K/c28-18-6-9-23-20(12-18)21(14-40(32,33)34)24(38-23)8-4-16-2-1-3-17(27(16)30)5-11-26-31(15-41(35,36)37)22-13-19(29)7-10-25(22)39-26;/h4-13H,1-3,14-15H2,(H,32,33,34)(H,35,36,37);/q;+1/p-1/b8-4+,17-5+,26-11-;. The number of allylic oxidation sites excluding steroid dienone is 6. The Hall–Kier alpha value is -0.164. The van der Waals surface area contributed by atoms with Crippen LogP contribution < -0.4 is 56.3 Å². The molecule has 2 aromatic carbocycles. The smallest absolute Gasteiger partial charge is 0.747 e. The van der Waals surface area contributed by atoms with Crippen molar-refractivity contribution >= 4 is 100.0 Å². The third kappa shape index (κ3) is 8.55. The molecular formula is C27H21Cl3KNO6S4. The Labute approximate surface area is 310 Å². The molecule has 3 aromatic rings. The number of thiophene rings is 1. The van der Waals surface area contributed by atoms with Gasteiger partial charge in [0.1, 0.15) is 21.7 Å². The molecule has 15 heteroatoms. The number of benzene rings is 2. The Balaban J connectivity index is 0.00000405. The summed E-state index contributed by atoms with van der Waals surface area (Å²) in [5.41, 5.74) is 2.70. The van der Waals surface area contributed by atoms with Crippen LogP contribution in [0.25, 0.3) is 16.2 Å². The molecule has 0 fully saturated rings. The first kappa shape index (κ1) is 34.7. The van der Waals surface area contributed by atoms with E-state index in [1.165, 1.54) is 28.0 Å². The van der Waals surface area contributed by atoms with Crippen molar-refractivity contribution in [3.8, 4) is 0 Å². The van der Waals surface area contributed by atoms with Gasteiger partial charge in [0, 0.05) is 29.6 Å². The molecule has 42 heavy (non-hydrogen) atoms. The molecule has 0 saturated heterocycles. The van der Waals surface area contributed by atoms with E-state index in [1.54, 1.807) is 42.5 Å². The van der Waals surface area contributed by atoms with Crippen molar-refractivity contribution in [2.24, 2.45) is 0 Å². The fourth-order valence-electron chi connectivity index (χ4n) is 4.65. The van der Waals surface area contributed by atoms with Gasteiger partial charge < -0.3 is 9.45 Å². The molecule has 0 bridgehead atoms. The van der Waals surface area contributed by atoms with E-state index in [0.29, 0.717) is 54.5 Å². The zero-order valence-electron chi connectivity index (χ0n) is 22.0. The number of hydrogen-bond acceptors (Lipinski definition) is 8. The van der Waals surface area contributed by atoms with Crippen molar-refractivity contribution in [2.75, 3.05) is 10.8 Å². The zero-order chi connectivity index (χ0) is 29.5. The first-order valence-corrected chi connectivity index (χ1v) is 18.1. The molecule has 0 unspecified atom stereocenters. The van der Waals surface area contributed by atoms with Gasteiger partial charge in [0.25, 0.3) is 10.1 Å². The number of rotatable bonds is 7. The summed E-state index contributed by atoms with van der Waals surface area (Å²) in [5, 5.41) is 2.64. The minimum absolute atomic E-state index is 0. The number of anilines is 1. The molecule has 1 aromatic heterocycles. The second kappa shape index (κ2) is 14.1. The van der Waals surface area contributed by atoms with Crippen LogP contribution >= 0.6 is 57.9 Å². The van der Waals surface area contributed by atoms with Crippen LogP contribution in [0.1, 0.15) is 29.7 Å². The minimum atomic E-state index is -4.57. The monoisotopic (exact) mass is 727 g/mol. The van der Waals surface area contributed by atoms with Gasteiger partial charge in [0.15, 0.2) is 0 Å². The molecule has 0 radical (unpaired) electrons. The van der Waals surface area contributed by atoms with Crippen LogP contribution in [0.2, 0.25) is 10.0 Å². The van der Waals surface area contributed by atoms with Crippen LogP contribution in [0.15, 0.2) is 80.7 Å². The number of fused-ring (bicyclic) bond motifs is 2. The predicted molar refractivity (Wildman–Crippen MR) is 168 cm³/mol. The molecule has 0 saturated carbocycles. The SMILES string of the molecule is O=S(=O)([O-])CN1/C(=C/C=C2\CCCC(/C=C/c3sc4ccc(Cl)cc4c3CS(=O)(=O)O)=C2Cl)Sc2ccc(Cl)cc21.[K+]. The quantitative estimate of drug-likeness (QED) is 0.262. The topological polar surface area (TPSA) is 115 Å². The van der Waals surface area contributed by atoms with E-state index >= 15 is 0 Å². The van der Waals surface area contributed by atoms with Gasteiger partial charge in [-0.25, -0.2) is 8.42 Å². The molecular weight excluding hydrogens is 708 g/mol. The van der Waals surface area contributed by atoms with Crippen molar-refractivity contribution in [1.82, 2.24) is 0 Å². The van der Waals surface area contributed by atoms with E-state index < -0.39 is 31.9 Å². The molecule has 0 amide bonds. The molecule has 7 nitrogen and oxygen atoms in total. The number of thioether (sulfide) groups is 1. The molecule has 1 aliphatic carbocycles. The van der Waals surface area contributed by atoms with Crippen molar-refractivity contribution in [1.29, 1.82) is 0 Å². The summed E-state index contributed by atoms with van der Waals surface area (Å²) < 4.78 is 68.7. The maximum Gasteiger partial charge on any atom is 1.00 e. The first-order valence-electron chi connectivity index (χ1n) is 12.1. The van der Waals surface area contributed by atoms with Crippen LogP contribution in [-0.4, -0.2) is 31.8 Å². The van der Waals surface area contributed by atoms with Gasteiger partial charge in [0.05, 0.1) is 10.7 Å². The molecule has 0 atom stereocenters. The Bertz CT molecular complexity index is 1900. The molecule has 2 aliphatic rings. The van der Waals surface area contributed by atoms with E-state index in [4.69, 9.17) is 34.8 Å². The summed E-state index contributed by atoms with van der Waals surface area (Å²) >= 11 is 21.8. The summed E-state index contributed by atoms with van der Waals surface area (Å²) in [6.45, 7) is 0. The van der Waals surface area contributed by atoms with E-state index in [9.17, 15) is 25.9 Å². The fraction of sp³-hybridized carbons (Fsp3) is 0.185. The van der Waals surface area contributed by atoms with E-state index in [-0.39, 0.29) is 51.4 Å².